The third-order valence-electron chi connectivity index (χ3n) is 4.34. The van der Waals surface area contributed by atoms with Crippen LogP contribution < -0.4 is 10.6 Å². The monoisotopic (exact) mass is 346 g/mol. The van der Waals surface area contributed by atoms with Gasteiger partial charge in [-0.3, -0.25) is 9.48 Å². The molecular weight excluding hydrogens is 321 g/mol. The minimum Gasteiger partial charge on any atom is -0.352 e. The molecule has 24 heavy (non-hydrogen) atoms. The molecule has 0 bridgehead atoms. The lowest BCUT2D eigenvalue weighted by atomic mass is 9.85. The Balaban J connectivity index is 1.70. The number of alkyl halides is 3. The summed E-state index contributed by atoms with van der Waals surface area (Å²) in [5.74, 6) is -1.56. The molecule has 0 unspecified atom stereocenters. The zero-order valence-electron chi connectivity index (χ0n) is 14.1. The van der Waals surface area contributed by atoms with Crippen molar-refractivity contribution in [3.05, 3.63) is 18.0 Å². The molecule has 0 spiro atoms. The van der Waals surface area contributed by atoms with Crippen molar-refractivity contribution in [2.45, 2.75) is 64.3 Å². The van der Waals surface area contributed by atoms with Gasteiger partial charge in [-0.15, -0.1) is 0 Å². The molecule has 1 heterocycles. The van der Waals surface area contributed by atoms with Crippen LogP contribution in [0.2, 0.25) is 0 Å². The fourth-order valence-electron chi connectivity index (χ4n) is 3.08. The Hall–Kier alpha value is -1.57. The quantitative estimate of drug-likeness (QED) is 0.832. The van der Waals surface area contributed by atoms with Crippen LogP contribution in [0.3, 0.4) is 0 Å². The molecule has 0 aromatic carbocycles. The van der Waals surface area contributed by atoms with E-state index >= 15 is 0 Å². The van der Waals surface area contributed by atoms with Crippen molar-refractivity contribution < 1.29 is 18.0 Å². The van der Waals surface area contributed by atoms with Gasteiger partial charge in [0.25, 0.3) is 0 Å². The van der Waals surface area contributed by atoms with Crippen molar-refractivity contribution in [1.29, 1.82) is 0 Å². The molecular formula is C16H25F3N4O. The molecule has 1 aliphatic rings. The molecule has 1 amide bonds. The second-order valence-corrected chi connectivity index (χ2v) is 6.69. The molecule has 0 radical (unpaired) electrons. The van der Waals surface area contributed by atoms with Crippen molar-refractivity contribution in [3.8, 4) is 0 Å². The van der Waals surface area contributed by atoms with E-state index in [2.05, 4.69) is 15.7 Å². The van der Waals surface area contributed by atoms with Crippen molar-refractivity contribution in [1.82, 2.24) is 20.4 Å². The predicted octanol–water partition coefficient (Wildman–Crippen LogP) is 2.41. The van der Waals surface area contributed by atoms with Gasteiger partial charge in [0.05, 0.1) is 25.2 Å². The van der Waals surface area contributed by atoms with Crippen LogP contribution in [0.4, 0.5) is 13.2 Å². The number of aromatic nitrogens is 2. The maximum absolute atomic E-state index is 12.8. The number of carbonyl (C=O) groups excluding carboxylic acids is 1. The highest BCUT2D eigenvalue weighted by Gasteiger charge is 2.42. The predicted molar refractivity (Wildman–Crippen MR) is 84.4 cm³/mol. The third kappa shape index (κ3) is 5.81. The van der Waals surface area contributed by atoms with Crippen LogP contribution in [0.25, 0.3) is 0 Å². The Labute approximate surface area is 140 Å². The van der Waals surface area contributed by atoms with E-state index in [0.717, 1.165) is 5.56 Å². The summed E-state index contributed by atoms with van der Waals surface area (Å²) >= 11 is 0. The van der Waals surface area contributed by atoms with Gasteiger partial charge >= 0.3 is 6.18 Å². The van der Waals surface area contributed by atoms with Gasteiger partial charge in [0.2, 0.25) is 5.91 Å². The normalized spacial score (nSPS) is 23.0. The topological polar surface area (TPSA) is 59.0 Å². The number of nitrogens with one attached hydrogen (secondary N) is 2. The second-order valence-electron chi connectivity index (χ2n) is 6.69. The number of hydrogen-bond donors (Lipinski definition) is 2. The van der Waals surface area contributed by atoms with Crippen LogP contribution in [0.5, 0.6) is 0 Å². The summed E-state index contributed by atoms with van der Waals surface area (Å²) in [4.78, 5) is 12.0. The lowest BCUT2D eigenvalue weighted by Gasteiger charge is -2.31. The summed E-state index contributed by atoms with van der Waals surface area (Å²) in [6.07, 6.45) is 0.763. The zero-order chi connectivity index (χ0) is 17.7. The fraction of sp³-hybridized carbons (Fsp3) is 0.750. The van der Waals surface area contributed by atoms with Crippen LogP contribution >= 0.6 is 0 Å². The van der Waals surface area contributed by atoms with Crippen molar-refractivity contribution in [2.75, 3.05) is 6.54 Å². The summed E-state index contributed by atoms with van der Waals surface area (Å²) in [6, 6.07) is -0.354. The van der Waals surface area contributed by atoms with Gasteiger partial charge in [0, 0.05) is 18.3 Å². The van der Waals surface area contributed by atoms with Gasteiger partial charge in [-0.1, -0.05) is 6.42 Å². The Morgan fingerprint density at radius 3 is 2.83 bits per heavy atom. The standard InChI is InChI=1S/C16H25F3N4O/c1-11-7-21-23(9-11)10-12(2)20-8-15(24)22-14-5-3-4-13(6-14)16(17,18)19/h7,9,12-14,20H,3-6,8,10H2,1-2H3,(H,22,24)/t12-,13+,14-/m0/s1. The lowest BCUT2D eigenvalue weighted by molar-refractivity contribution is -0.184. The molecule has 1 aromatic heterocycles. The highest BCUT2D eigenvalue weighted by Crippen LogP contribution is 2.37. The van der Waals surface area contributed by atoms with Crippen molar-refractivity contribution >= 4 is 5.91 Å². The SMILES string of the molecule is Cc1cnn(C[C@H](C)NCC(=O)N[C@H]2CCC[C@@H](C(F)(F)F)C2)c1. The number of rotatable bonds is 6. The molecule has 136 valence electrons. The van der Waals surface area contributed by atoms with Crippen molar-refractivity contribution in [2.24, 2.45) is 5.92 Å². The van der Waals surface area contributed by atoms with E-state index in [0.29, 0.717) is 19.4 Å². The van der Waals surface area contributed by atoms with Crippen LogP contribution in [0.15, 0.2) is 12.4 Å². The van der Waals surface area contributed by atoms with Gasteiger partial charge in [0.15, 0.2) is 0 Å². The summed E-state index contributed by atoms with van der Waals surface area (Å²) < 4.78 is 40.1. The van der Waals surface area contributed by atoms with Gasteiger partial charge in [-0.2, -0.15) is 18.3 Å². The van der Waals surface area contributed by atoms with Gasteiger partial charge in [-0.25, -0.2) is 0 Å². The zero-order valence-corrected chi connectivity index (χ0v) is 14.1. The van der Waals surface area contributed by atoms with Crippen LogP contribution in [-0.4, -0.2) is 40.5 Å². The Morgan fingerprint density at radius 2 is 2.21 bits per heavy atom. The van der Waals surface area contributed by atoms with Crippen LogP contribution in [0.1, 0.15) is 38.2 Å². The van der Waals surface area contributed by atoms with E-state index in [1.807, 2.05) is 20.0 Å². The minimum absolute atomic E-state index is 0.0165. The molecule has 1 fully saturated rings. The summed E-state index contributed by atoms with van der Waals surface area (Å²) in [6.45, 7) is 4.60. The number of nitrogens with zero attached hydrogens (tertiary/aromatic N) is 2. The highest BCUT2D eigenvalue weighted by atomic mass is 19.4. The molecule has 8 heteroatoms. The largest absolute Gasteiger partial charge is 0.391 e. The molecule has 0 aliphatic heterocycles. The van der Waals surface area contributed by atoms with E-state index in [9.17, 15) is 18.0 Å². The lowest BCUT2D eigenvalue weighted by Crippen LogP contribution is -2.46. The molecule has 5 nitrogen and oxygen atoms in total. The Bertz CT molecular complexity index is 544. The first-order chi connectivity index (χ1) is 11.2. The van der Waals surface area contributed by atoms with E-state index in [4.69, 9.17) is 0 Å². The van der Waals surface area contributed by atoms with E-state index in [1.54, 1.807) is 10.9 Å². The van der Waals surface area contributed by atoms with Crippen molar-refractivity contribution in [3.63, 3.8) is 0 Å². The summed E-state index contributed by atoms with van der Waals surface area (Å²) in [5, 5.41) is 9.97. The Morgan fingerprint density at radius 1 is 1.46 bits per heavy atom. The number of halogens is 3. The third-order valence-corrected chi connectivity index (χ3v) is 4.34. The number of aryl methyl sites for hydroxylation is 1. The second kappa shape index (κ2) is 8.00. The first-order valence-electron chi connectivity index (χ1n) is 8.32. The van der Waals surface area contributed by atoms with E-state index < -0.39 is 12.1 Å². The maximum Gasteiger partial charge on any atom is 0.391 e. The molecule has 1 saturated carbocycles. The summed E-state index contributed by atoms with van der Waals surface area (Å²) in [7, 11) is 0. The van der Waals surface area contributed by atoms with Crippen LogP contribution in [0, 0.1) is 12.8 Å². The number of carbonyl (C=O) groups is 1. The average Bonchev–Trinajstić information content (AvgIpc) is 2.90. The first kappa shape index (κ1) is 18.8. The number of hydrogen-bond acceptors (Lipinski definition) is 3. The first-order valence-corrected chi connectivity index (χ1v) is 8.32. The molecule has 2 rings (SSSR count). The molecule has 1 aliphatic carbocycles. The number of amides is 1. The minimum atomic E-state index is -4.17. The maximum atomic E-state index is 12.8. The van der Waals surface area contributed by atoms with Gasteiger partial charge in [0.1, 0.15) is 0 Å². The molecule has 0 saturated heterocycles. The fourth-order valence-corrected chi connectivity index (χ4v) is 3.08. The molecule has 2 N–H and O–H groups in total. The molecule has 1 aromatic rings. The smallest absolute Gasteiger partial charge is 0.352 e. The van der Waals surface area contributed by atoms with Crippen LogP contribution in [-0.2, 0) is 11.3 Å². The summed E-state index contributed by atoms with van der Waals surface area (Å²) in [5.41, 5.74) is 1.07. The Kier molecular flexibility index (Phi) is 6.26. The van der Waals surface area contributed by atoms with Gasteiger partial charge in [-0.05, 0) is 38.7 Å². The van der Waals surface area contributed by atoms with E-state index in [-0.39, 0.29) is 37.4 Å². The average molecular weight is 346 g/mol. The highest BCUT2D eigenvalue weighted by molar-refractivity contribution is 5.78. The molecule has 3 atom stereocenters. The van der Waals surface area contributed by atoms with E-state index in [1.165, 1.54) is 0 Å². The van der Waals surface area contributed by atoms with Gasteiger partial charge < -0.3 is 10.6 Å².